The molecule has 6 heteroatoms. The largest absolute Gasteiger partial charge is 0.496 e. The highest BCUT2D eigenvalue weighted by Gasteiger charge is 2.14. The standard InChI is InChI=1S/C14H13FN2O2S/c1-16-13-11(5-6-20-13)17(14(16)18)8-9-7-10(15)3-4-12(9)19-2/h3-7H,8H2,1-2H3. The average Bonchev–Trinajstić information content (AvgIpc) is 2.99. The van der Waals surface area contributed by atoms with Gasteiger partial charge in [0.25, 0.3) is 0 Å². The quantitative estimate of drug-likeness (QED) is 0.744. The van der Waals surface area contributed by atoms with Crippen molar-refractivity contribution in [2.75, 3.05) is 7.11 Å². The number of halogens is 1. The van der Waals surface area contributed by atoms with E-state index in [4.69, 9.17) is 4.74 Å². The molecule has 2 heterocycles. The first kappa shape index (κ1) is 12.9. The third-order valence-corrected chi connectivity index (χ3v) is 4.29. The van der Waals surface area contributed by atoms with Crippen LogP contribution in [0.2, 0.25) is 0 Å². The second kappa shape index (κ2) is 4.79. The summed E-state index contributed by atoms with van der Waals surface area (Å²) in [5.74, 6) is 0.233. The van der Waals surface area contributed by atoms with E-state index in [-0.39, 0.29) is 18.1 Å². The minimum atomic E-state index is -0.341. The molecule has 3 rings (SSSR count). The molecule has 2 aromatic heterocycles. The van der Waals surface area contributed by atoms with Crippen LogP contribution in [0.1, 0.15) is 5.56 Å². The first-order valence-corrected chi connectivity index (χ1v) is 6.95. The van der Waals surface area contributed by atoms with Gasteiger partial charge in [-0.2, -0.15) is 0 Å². The van der Waals surface area contributed by atoms with Crippen molar-refractivity contribution in [3.8, 4) is 5.75 Å². The van der Waals surface area contributed by atoms with Gasteiger partial charge >= 0.3 is 5.69 Å². The van der Waals surface area contributed by atoms with Crippen LogP contribution in [-0.4, -0.2) is 16.2 Å². The van der Waals surface area contributed by atoms with Crippen molar-refractivity contribution >= 4 is 21.7 Å². The summed E-state index contributed by atoms with van der Waals surface area (Å²) in [4.78, 5) is 13.1. The summed E-state index contributed by atoms with van der Waals surface area (Å²) < 4.78 is 21.9. The summed E-state index contributed by atoms with van der Waals surface area (Å²) in [7, 11) is 3.27. The van der Waals surface area contributed by atoms with Crippen molar-refractivity contribution in [3.63, 3.8) is 0 Å². The SMILES string of the molecule is COc1ccc(F)cc1Cn1c(=O)n(C)c2sccc21. The number of thiophene rings is 1. The molecule has 1 aromatic carbocycles. The fourth-order valence-electron chi connectivity index (χ4n) is 2.32. The number of imidazole rings is 1. The zero-order chi connectivity index (χ0) is 14.3. The van der Waals surface area contributed by atoms with Gasteiger partial charge in [-0.25, -0.2) is 9.18 Å². The Morgan fingerprint density at radius 3 is 2.90 bits per heavy atom. The number of hydrogen-bond acceptors (Lipinski definition) is 3. The molecule has 4 nitrogen and oxygen atoms in total. The van der Waals surface area contributed by atoms with E-state index in [2.05, 4.69) is 0 Å². The molecule has 0 aliphatic carbocycles. The van der Waals surface area contributed by atoms with Gasteiger partial charge in [-0.15, -0.1) is 11.3 Å². The Balaban J connectivity index is 2.14. The summed E-state index contributed by atoms with van der Waals surface area (Å²) in [5.41, 5.74) is 1.39. The number of nitrogens with zero attached hydrogens (tertiary/aromatic N) is 2. The molecular formula is C14H13FN2O2S. The third-order valence-electron chi connectivity index (χ3n) is 3.31. The van der Waals surface area contributed by atoms with Gasteiger partial charge in [0, 0.05) is 12.6 Å². The predicted molar refractivity (Wildman–Crippen MR) is 77.1 cm³/mol. The molecule has 0 radical (unpaired) electrons. The van der Waals surface area contributed by atoms with Gasteiger partial charge in [-0.05, 0) is 29.6 Å². The maximum atomic E-state index is 13.4. The summed E-state index contributed by atoms with van der Waals surface area (Å²) in [6.45, 7) is 0.286. The molecule has 104 valence electrons. The Kier molecular flexibility index (Phi) is 3.10. The fraction of sp³-hybridized carbons (Fsp3) is 0.214. The number of ether oxygens (including phenoxy) is 1. The molecule has 0 bridgehead atoms. The molecule has 0 saturated heterocycles. The first-order chi connectivity index (χ1) is 9.61. The fourth-order valence-corrected chi connectivity index (χ4v) is 3.18. The van der Waals surface area contributed by atoms with Crippen molar-refractivity contribution in [2.24, 2.45) is 7.05 Å². The molecular weight excluding hydrogens is 279 g/mol. The highest BCUT2D eigenvalue weighted by atomic mass is 32.1. The second-order valence-corrected chi connectivity index (χ2v) is 5.39. The van der Waals surface area contributed by atoms with Crippen molar-refractivity contribution in [1.82, 2.24) is 9.13 Å². The molecule has 0 aliphatic rings. The second-order valence-electron chi connectivity index (χ2n) is 4.49. The zero-order valence-corrected chi connectivity index (χ0v) is 11.9. The van der Waals surface area contributed by atoms with Gasteiger partial charge in [-0.1, -0.05) is 0 Å². The first-order valence-electron chi connectivity index (χ1n) is 6.07. The molecule has 0 spiro atoms. The van der Waals surface area contributed by atoms with Gasteiger partial charge < -0.3 is 4.74 Å². The molecule has 0 N–H and O–H groups in total. The van der Waals surface area contributed by atoms with E-state index in [1.807, 2.05) is 11.4 Å². The summed E-state index contributed by atoms with van der Waals surface area (Å²) in [6, 6.07) is 6.21. The Morgan fingerprint density at radius 1 is 1.35 bits per heavy atom. The van der Waals surface area contributed by atoms with Crippen molar-refractivity contribution in [2.45, 2.75) is 6.54 Å². The van der Waals surface area contributed by atoms with Gasteiger partial charge in [-0.3, -0.25) is 9.13 Å². The number of methoxy groups -OCH3 is 1. The normalized spacial score (nSPS) is 11.2. The van der Waals surface area contributed by atoms with Gasteiger partial charge in [0.15, 0.2) is 0 Å². The van der Waals surface area contributed by atoms with Crippen LogP contribution in [-0.2, 0) is 13.6 Å². The minimum absolute atomic E-state index is 0.113. The smallest absolute Gasteiger partial charge is 0.329 e. The number of fused-ring (bicyclic) bond motifs is 1. The zero-order valence-electron chi connectivity index (χ0n) is 11.1. The molecule has 20 heavy (non-hydrogen) atoms. The van der Waals surface area contributed by atoms with E-state index in [0.717, 1.165) is 10.3 Å². The number of benzene rings is 1. The van der Waals surface area contributed by atoms with Crippen LogP contribution in [0.5, 0.6) is 5.75 Å². The Hall–Kier alpha value is -2.08. The maximum Gasteiger partial charge on any atom is 0.329 e. The third kappa shape index (κ3) is 1.92. The number of rotatable bonds is 3. The highest BCUT2D eigenvalue weighted by Crippen LogP contribution is 2.23. The van der Waals surface area contributed by atoms with Crippen LogP contribution in [0.25, 0.3) is 10.3 Å². The van der Waals surface area contributed by atoms with Crippen LogP contribution < -0.4 is 10.4 Å². The topological polar surface area (TPSA) is 36.2 Å². The lowest BCUT2D eigenvalue weighted by Crippen LogP contribution is -2.23. The van der Waals surface area contributed by atoms with E-state index in [0.29, 0.717) is 11.3 Å². The number of aromatic nitrogens is 2. The maximum absolute atomic E-state index is 13.4. The molecule has 3 aromatic rings. The summed E-state index contributed by atoms with van der Waals surface area (Å²) in [6.07, 6.45) is 0. The van der Waals surface area contributed by atoms with Crippen molar-refractivity contribution in [1.29, 1.82) is 0 Å². The van der Waals surface area contributed by atoms with Crippen LogP contribution in [0.15, 0.2) is 34.4 Å². The van der Waals surface area contributed by atoms with Crippen LogP contribution in [0.3, 0.4) is 0 Å². The molecule has 0 saturated carbocycles. The van der Waals surface area contributed by atoms with Gasteiger partial charge in [0.1, 0.15) is 16.4 Å². The summed E-state index contributed by atoms with van der Waals surface area (Å²) in [5, 5.41) is 1.93. The Labute approximate surface area is 118 Å². The summed E-state index contributed by atoms with van der Waals surface area (Å²) >= 11 is 1.51. The van der Waals surface area contributed by atoms with E-state index in [1.165, 1.54) is 30.6 Å². The predicted octanol–water partition coefficient (Wildman–Crippen LogP) is 2.60. The lowest BCUT2D eigenvalue weighted by Gasteiger charge is -2.09. The van der Waals surface area contributed by atoms with Crippen LogP contribution >= 0.6 is 11.3 Å². The van der Waals surface area contributed by atoms with E-state index >= 15 is 0 Å². The minimum Gasteiger partial charge on any atom is -0.496 e. The van der Waals surface area contributed by atoms with E-state index in [1.54, 1.807) is 22.2 Å². The van der Waals surface area contributed by atoms with Gasteiger partial charge in [0.2, 0.25) is 0 Å². The molecule has 0 unspecified atom stereocenters. The monoisotopic (exact) mass is 292 g/mol. The lowest BCUT2D eigenvalue weighted by atomic mass is 10.2. The van der Waals surface area contributed by atoms with Crippen molar-refractivity contribution in [3.05, 3.63) is 51.5 Å². The highest BCUT2D eigenvalue weighted by molar-refractivity contribution is 7.16. The van der Waals surface area contributed by atoms with Gasteiger partial charge in [0.05, 0.1) is 19.2 Å². The number of hydrogen-bond donors (Lipinski definition) is 0. The van der Waals surface area contributed by atoms with E-state index < -0.39 is 0 Å². The molecule has 0 atom stereocenters. The number of aryl methyl sites for hydroxylation is 1. The van der Waals surface area contributed by atoms with Crippen molar-refractivity contribution < 1.29 is 9.13 Å². The molecule has 0 aliphatic heterocycles. The van der Waals surface area contributed by atoms with E-state index in [9.17, 15) is 9.18 Å². The Bertz CT molecular complexity index is 831. The Morgan fingerprint density at radius 2 is 2.15 bits per heavy atom. The van der Waals surface area contributed by atoms with Crippen LogP contribution in [0, 0.1) is 5.82 Å². The van der Waals surface area contributed by atoms with Crippen LogP contribution in [0.4, 0.5) is 4.39 Å². The average molecular weight is 292 g/mol. The lowest BCUT2D eigenvalue weighted by molar-refractivity contribution is 0.407. The molecule has 0 fully saturated rings. The molecule has 0 amide bonds.